The van der Waals surface area contributed by atoms with Crippen molar-refractivity contribution < 1.29 is 0 Å². The quantitative estimate of drug-likeness (QED) is 0.384. The molecule has 0 aromatic carbocycles. The van der Waals surface area contributed by atoms with Gasteiger partial charge in [0.25, 0.3) is 0 Å². The molecule has 0 heterocycles. The molecular weight excluding hydrogens is 408 g/mol. The zero-order valence-electron chi connectivity index (χ0n) is 25.9. The van der Waals surface area contributed by atoms with Crippen molar-refractivity contribution in [2.75, 3.05) is 0 Å². The molecule has 4 saturated carbocycles. The normalized spacial score (nSPS) is 53.1. The van der Waals surface area contributed by atoms with Gasteiger partial charge in [-0.2, -0.15) is 0 Å². The van der Waals surface area contributed by atoms with Crippen LogP contribution >= 0.6 is 0 Å². The molecule has 0 aromatic rings. The molecule has 0 heteroatoms. The number of rotatable bonds is 3. The highest BCUT2D eigenvalue weighted by Crippen LogP contribution is 2.82. The summed E-state index contributed by atoms with van der Waals surface area (Å²) in [6.07, 6.45) is 8.77. The lowest BCUT2D eigenvalue weighted by Crippen LogP contribution is -2.61. The smallest absolute Gasteiger partial charge is 0.0156 e. The zero-order chi connectivity index (χ0) is 25.9. The number of fused-ring (bicyclic) bond motifs is 1. The fourth-order valence-electron chi connectivity index (χ4n) is 12.4. The molecule has 0 aliphatic heterocycles. The summed E-state index contributed by atoms with van der Waals surface area (Å²) in [5.41, 5.74) is 2.21. The third kappa shape index (κ3) is 3.41. The molecule has 11 atom stereocenters. The van der Waals surface area contributed by atoms with Crippen LogP contribution in [0, 0.1) is 79.8 Å². The minimum Gasteiger partial charge on any atom is -0.0625 e. The molecule has 0 amide bonds. The van der Waals surface area contributed by atoms with E-state index in [2.05, 4.69) is 96.9 Å². The van der Waals surface area contributed by atoms with Crippen LogP contribution in [-0.2, 0) is 0 Å². The number of hydrogen-bond acceptors (Lipinski definition) is 0. The molecule has 0 spiro atoms. The predicted octanol–water partition coefficient (Wildman–Crippen LogP) is 10.5. The molecular formula is C34H62. The maximum absolute atomic E-state index is 2.83. The van der Waals surface area contributed by atoms with Crippen LogP contribution < -0.4 is 0 Å². The first kappa shape index (κ1) is 27.0. The van der Waals surface area contributed by atoms with Crippen molar-refractivity contribution in [3.05, 3.63) is 0 Å². The summed E-state index contributed by atoms with van der Waals surface area (Å²) < 4.78 is 0. The third-order valence-electron chi connectivity index (χ3n) is 13.9. The summed E-state index contributed by atoms with van der Waals surface area (Å²) in [5, 5.41) is 0. The fourth-order valence-corrected chi connectivity index (χ4v) is 12.4. The van der Waals surface area contributed by atoms with Crippen LogP contribution in [-0.4, -0.2) is 0 Å². The van der Waals surface area contributed by atoms with Crippen molar-refractivity contribution in [1.29, 1.82) is 0 Å². The Bertz CT molecular complexity index is 775. The van der Waals surface area contributed by atoms with Gasteiger partial charge in [-0.1, -0.05) is 96.9 Å². The first-order valence-electron chi connectivity index (χ1n) is 15.2. The highest BCUT2D eigenvalue weighted by molar-refractivity contribution is 5.24. The van der Waals surface area contributed by atoms with Gasteiger partial charge in [-0.15, -0.1) is 0 Å². The topological polar surface area (TPSA) is 0 Å². The van der Waals surface area contributed by atoms with E-state index < -0.39 is 0 Å². The molecule has 4 aliphatic rings. The minimum atomic E-state index is 0.280. The van der Waals surface area contributed by atoms with E-state index in [0.29, 0.717) is 27.1 Å². The van der Waals surface area contributed by atoms with Gasteiger partial charge in [-0.3, -0.25) is 0 Å². The number of hydrogen-bond donors (Lipinski definition) is 0. The van der Waals surface area contributed by atoms with Gasteiger partial charge in [0.15, 0.2) is 0 Å². The van der Waals surface area contributed by atoms with Gasteiger partial charge in [0.05, 0.1) is 0 Å². The van der Waals surface area contributed by atoms with Gasteiger partial charge in [0.2, 0.25) is 0 Å². The summed E-state index contributed by atoms with van der Waals surface area (Å²) >= 11 is 0. The van der Waals surface area contributed by atoms with Crippen molar-refractivity contribution >= 4 is 0 Å². The maximum Gasteiger partial charge on any atom is -0.0156 e. The van der Waals surface area contributed by atoms with Crippen LogP contribution in [0.5, 0.6) is 0 Å². The van der Waals surface area contributed by atoms with Crippen molar-refractivity contribution in [3.8, 4) is 0 Å². The van der Waals surface area contributed by atoms with Gasteiger partial charge in [0.1, 0.15) is 0 Å². The molecule has 0 nitrogen and oxygen atoms in total. The summed E-state index contributed by atoms with van der Waals surface area (Å²) in [6.45, 7) is 37.0. The van der Waals surface area contributed by atoms with Gasteiger partial charge in [-0.05, 0) is 118 Å². The monoisotopic (exact) mass is 470 g/mol. The lowest BCUT2D eigenvalue weighted by atomic mass is 9.38. The van der Waals surface area contributed by atoms with E-state index >= 15 is 0 Å². The SMILES string of the molecule is CC1CC(C)C2CC(C)C(C3(C)CC(C)C(CC4CC4(C)C)(C(C)(C)C)C3(C)C(C)(C)C)C2C1. The molecule has 198 valence electrons. The van der Waals surface area contributed by atoms with Crippen molar-refractivity contribution in [2.24, 2.45) is 79.8 Å². The molecule has 4 aliphatic carbocycles. The largest absolute Gasteiger partial charge is 0.0625 e. The van der Waals surface area contributed by atoms with Crippen molar-refractivity contribution in [3.63, 3.8) is 0 Å². The Labute approximate surface area is 215 Å². The molecule has 0 radical (unpaired) electrons. The van der Waals surface area contributed by atoms with E-state index in [1.165, 1.54) is 38.5 Å². The van der Waals surface area contributed by atoms with E-state index in [4.69, 9.17) is 0 Å². The van der Waals surface area contributed by atoms with Crippen LogP contribution in [0.2, 0.25) is 0 Å². The fraction of sp³-hybridized carbons (Fsp3) is 1.00. The van der Waals surface area contributed by atoms with Gasteiger partial charge in [-0.25, -0.2) is 0 Å². The Kier molecular flexibility index (Phi) is 6.17. The Hall–Kier alpha value is 0. The molecule has 0 saturated heterocycles. The molecule has 0 aromatic heterocycles. The zero-order valence-corrected chi connectivity index (χ0v) is 25.9. The lowest BCUT2D eigenvalue weighted by Gasteiger charge is -2.66. The summed E-state index contributed by atoms with van der Waals surface area (Å²) in [5.74, 6) is 7.18. The second kappa shape index (κ2) is 7.76. The average molecular weight is 471 g/mol. The van der Waals surface area contributed by atoms with Gasteiger partial charge >= 0.3 is 0 Å². The first-order valence-corrected chi connectivity index (χ1v) is 15.2. The Balaban J connectivity index is 1.90. The first-order chi connectivity index (χ1) is 15.2. The summed E-state index contributed by atoms with van der Waals surface area (Å²) in [6, 6.07) is 0. The van der Waals surface area contributed by atoms with E-state index in [1.54, 1.807) is 0 Å². The Morgan fingerprint density at radius 3 is 1.71 bits per heavy atom. The highest BCUT2D eigenvalue weighted by Gasteiger charge is 2.76. The molecule has 0 N–H and O–H groups in total. The van der Waals surface area contributed by atoms with E-state index in [0.717, 1.165) is 47.3 Å². The van der Waals surface area contributed by atoms with E-state index in [1.807, 2.05) is 0 Å². The third-order valence-corrected chi connectivity index (χ3v) is 13.9. The Morgan fingerprint density at radius 1 is 0.676 bits per heavy atom. The van der Waals surface area contributed by atoms with Crippen molar-refractivity contribution in [2.45, 2.75) is 135 Å². The van der Waals surface area contributed by atoms with Crippen LogP contribution in [0.3, 0.4) is 0 Å². The van der Waals surface area contributed by atoms with Crippen LogP contribution in [0.1, 0.15) is 135 Å². The van der Waals surface area contributed by atoms with Gasteiger partial charge < -0.3 is 0 Å². The van der Waals surface area contributed by atoms with E-state index in [-0.39, 0.29) is 5.41 Å². The average Bonchev–Trinajstić information content (AvgIpc) is 3.00. The second-order valence-electron chi connectivity index (χ2n) is 17.8. The van der Waals surface area contributed by atoms with Gasteiger partial charge in [0, 0.05) is 0 Å². The predicted molar refractivity (Wildman–Crippen MR) is 150 cm³/mol. The van der Waals surface area contributed by atoms with E-state index in [9.17, 15) is 0 Å². The molecule has 0 bridgehead atoms. The van der Waals surface area contributed by atoms with Crippen LogP contribution in [0.15, 0.2) is 0 Å². The maximum atomic E-state index is 2.83. The second-order valence-corrected chi connectivity index (χ2v) is 17.8. The molecule has 11 unspecified atom stereocenters. The van der Waals surface area contributed by atoms with Crippen molar-refractivity contribution in [1.82, 2.24) is 0 Å². The highest BCUT2D eigenvalue weighted by atomic mass is 14.8. The summed E-state index contributed by atoms with van der Waals surface area (Å²) in [7, 11) is 0. The minimum absolute atomic E-state index is 0.280. The van der Waals surface area contributed by atoms with Crippen LogP contribution in [0.4, 0.5) is 0 Å². The molecule has 34 heavy (non-hydrogen) atoms. The summed E-state index contributed by atoms with van der Waals surface area (Å²) in [4.78, 5) is 0. The van der Waals surface area contributed by atoms with Crippen LogP contribution in [0.25, 0.3) is 0 Å². The standard InChI is InChI=1S/C34H62/c1-21-15-22(2)26-17-23(3)28(27(26)16-21)32(13)18-24(4)34(30(8,9)10,20-25-19-31(25,11)12)33(32,14)29(5,6)7/h21-28H,15-20H2,1-14H3. The Morgan fingerprint density at radius 2 is 1.24 bits per heavy atom. The molecule has 4 fully saturated rings. The lowest BCUT2D eigenvalue weighted by molar-refractivity contribution is -0.190. The molecule has 4 rings (SSSR count).